The van der Waals surface area contributed by atoms with Gasteiger partial charge in [0.2, 0.25) is 0 Å². The van der Waals surface area contributed by atoms with Crippen LogP contribution >= 0.6 is 0 Å². The number of hydrogen-bond acceptors (Lipinski definition) is 6. The van der Waals surface area contributed by atoms with Gasteiger partial charge in [0.1, 0.15) is 5.75 Å². The molecule has 3 aliphatic rings. The van der Waals surface area contributed by atoms with Gasteiger partial charge in [-0.3, -0.25) is 0 Å². The zero-order valence-electron chi connectivity index (χ0n) is 16.7. The van der Waals surface area contributed by atoms with Crippen LogP contribution in [0.2, 0.25) is 0 Å². The molecule has 2 fully saturated rings. The number of phenols is 1. The maximum Gasteiger partial charge on any atom is 0.171 e. The normalized spacial score (nSPS) is 25.1. The molecule has 2 atom stereocenters. The predicted molar refractivity (Wildman–Crippen MR) is 109 cm³/mol. The van der Waals surface area contributed by atoms with Crippen LogP contribution in [-0.2, 0) is 0 Å². The van der Waals surface area contributed by atoms with Crippen molar-refractivity contribution >= 4 is 0 Å². The molecule has 2 heterocycles. The molecule has 0 radical (unpaired) electrons. The van der Waals surface area contributed by atoms with Gasteiger partial charge in [-0.05, 0) is 57.0 Å². The molecule has 0 aromatic heterocycles. The highest BCUT2D eigenvalue weighted by Gasteiger charge is 2.24. The van der Waals surface area contributed by atoms with Gasteiger partial charge in [-0.15, -0.1) is 5.11 Å². The molecule has 1 saturated heterocycles. The number of azo groups is 1. The number of hydrogen-bond donors (Lipinski definition) is 2. The standard InChI is InChI=1S/C22H29N5O/c1-3-27-12-4-5-18(14-27)23-21-15-26(2)22(25-24-21)19-11-10-17(13-20(19)28)9-8-16-6-7-16/h10-11,13,15-16,18,22-23,28H,3-7,12,14H2,1-2H3/t18?,22-/m0/s1. The lowest BCUT2D eigenvalue weighted by atomic mass is 10.1. The number of aromatic hydroxyl groups is 1. The molecular formula is C22H29N5O. The SMILES string of the molecule is CCN1CCCC(NC2=CN(C)[C@@H](c3ccc(C#CC4CC4)cc3O)N=N2)C1. The average molecular weight is 380 g/mol. The largest absolute Gasteiger partial charge is 0.507 e. The van der Waals surface area contributed by atoms with Crippen molar-refractivity contribution in [3.05, 3.63) is 41.3 Å². The molecule has 1 aliphatic carbocycles. The Labute approximate surface area is 167 Å². The Hall–Kier alpha value is -2.52. The summed E-state index contributed by atoms with van der Waals surface area (Å²) < 4.78 is 0. The van der Waals surface area contributed by atoms with E-state index in [0.29, 0.717) is 12.0 Å². The average Bonchev–Trinajstić information content (AvgIpc) is 3.52. The van der Waals surface area contributed by atoms with E-state index >= 15 is 0 Å². The van der Waals surface area contributed by atoms with Gasteiger partial charge in [-0.2, -0.15) is 5.11 Å². The van der Waals surface area contributed by atoms with Gasteiger partial charge in [-0.25, -0.2) is 0 Å². The van der Waals surface area contributed by atoms with Crippen LogP contribution in [-0.4, -0.2) is 47.6 Å². The molecule has 28 heavy (non-hydrogen) atoms. The monoisotopic (exact) mass is 379 g/mol. The first-order valence-electron chi connectivity index (χ1n) is 10.3. The zero-order valence-corrected chi connectivity index (χ0v) is 16.7. The summed E-state index contributed by atoms with van der Waals surface area (Å²) in [5.74, 6) is 7.92. The van der Waals surface area contributed by atoms with Gasteiger partial charge in [0.15, 0.2) is 12.0 Å². The number of nitrogens with one attached hydrogen (secondary N) is 1. The Morgan fingerprint density at radius 2 is 2.14 bits per heavy atom. The number of likely N-dealkylation sites (N-methyl/N-ethyl adjacent to an activating group) is 1. The molecule has 148 valence electrons. The molecular weight excluding hydrogens is 350 g/mol. The Morgan fingerprint density at radius 3 is 2.86 bits per heavy atom. The second-order valence-electron chi connectivity index (χ2n) is 7.96. The van der Waals surface area contributed by atoms with E-state index in [2.05, 4.69) is 39.2 Å². The van der Waals surface area contributed by atoms with E-state index in [1.807, 2.05) is 30.3 Å². The maximum absolute atomic E-state index is 10.5. The van der Waals surface area contributed by atoms with Crippen molar-refractivity contribution in [3.8, 4) is 17.6 Å². The highest BCUT2D eigenvalue weighted by Crippen LogP contribution is 2.33. The molecule has 1 saturated carbocycles. The van der Waals surface area contributed by atoms with E-state index < -0.39 is 0 Å². The third-order valence-electron chi connectivity index (χ3n) is 5.60. The number of piperidine rings is 1. The lowest BCUT2D eigenvalue weighted by Crippen LogP contribution is -2.45. The summed E-state index contributed by atoms with van der Waals surface area (Å²) in [6.45, 7) is 5.51. The van der Waals surface area contributed by atoms with E-state index in [4.69, 9.17) is 0 Å². The second-order valence-corrected chi connectivity index (χ2v) is 7.96. The highest BCUT2D eigenvalue weighted by atomic mass is 16.3. The van der Waals surface area contributed by atoms with Gasteiger partial charge in [0.25, 0.3) is 0 Å². The number of likely N-dealkylation sites (tertiary alicyclic amines) is 1. The minimum absolute atomic E-state index is 0.217. The molecule has 0 amide bonds. The van der Waals surface area contributed by atoms with E-state index in [-0.39, 0.29) is 11.9 Å². The zero-order chi connectivity index (χ0) is 19.5. The van der Waals surface area contributed by atoms with Crippen molar-refractivity contribution in [2.75, 3.05) is 26.7 Å². The smallest absolute Gasteiger partial charge is 0.171 e. The summed E-state index contributed by atoms with van der Waals surface area (Å²) in [6, 6.07) is 5.99. The second kappa shape index (κ2) is 8.24. The van der Waals surface area contributed by atoms with Crippen LogP contribution < -0.4 is 5.32 Å². The Kier molecular flexibility index (Phi) is 5.54. The van der Waals surface area contributed by atoms with E-state index in [1.54, 1.807) is 6.07 Å². The summed E-state index contributed by atoms with van der Waals surface area (Å²) in [6.07, 6.45) is 6.41. The predicted octanol–water partition coefficient (Wildman–Crippen LogP) is 3.42. The van der Waals surface area contributed by atoms with Gasteiger partial charge in [0.05, 0.1) is 0 Å². The Morgan fingerprint density at radius 1 is 1.29 bits per heavy atom. The van der Waals surface area contributed by atoms with Crippen LogP contribution in [0.3, 0.4) is 0 Å². The summed E-state index contributed by atoms with van der Waals surface area (Å²) in [5, 5.41) is 22.8. The number of nitrogens with zero attached hydrogens (tertiary/aromatic N) is 4. The summed E-state index contributed by atoms with van der Waals surface area (Å²) >= 11 is 0. The van der Waals surface area contributed by atoms with Crippen molar-refractivity contribution in [2.24, 2.45) is 16.1 Å². The molecule has 1 aromatic rings. The molecule has 0 bridgehead atoms. The van der Waals surface area contributed by atoms with Crippen LogP contribution in [0.1, 0.15) is 49.9 Å². The van der Waals surface area contributed by atoms with E-state index in [1.165, 1.54) is 25.8 Å². The molecule has 1 aromatic carbocycles. The summed E-state index contributed by atoms with van der Waals surface area (Å²) in [5.41, 5.74) is 1.59. The Balaban J connectivity index is 1.41. The molecule has 6 nitrogen and oxygen atoms in total. The molecule has 0 spiro atoms. The lowest BCUT2D eigenvalue weighted by molar-refractivity contribution is 0.202. The van der Waals surface area contributed by atoms with Crippen molar-refractivity contribution in [1.82, 2.24) is 15.1 Å². The summed E-state index contributed by atoms with van der Waals surface area (Å²) in [4.78, 5) is 4.44. The first kappa shape index (κ1) is 18.8. The third kappa shape index (κ3) is 4.48. The molecule has 4 rings (SSSR count). The van der Waals surface area contributed by atoms with Crippen LogP contribution in [0, 0.1) is 17.8 Å². The van der Waals surface area contributed by atoms with Crippen molar-refractivity contribution < 1.29 is 5.11 Å². The van der Waals surface area contributed by atoms with Crippen molar-refractivity contribution in [1.29, 1.82) is 0 Å². The quantitative estimate of drug-likeness (QED) is 0.787. The molecule has 2 aliphatic heterocycles. The van der Waals surface area contributed by atoms with Crippen LogP contribution in [0.15, 0.2) is 40.4 Å². The van der Waals surface area contributed by atoms with Gasteiger partial charge in [-0.1, -0.05) is 18.8 Å². The highest BCUT2D eigenvalue weighted by molar-refractivity contribution is 5.45. The molecule has 2 N–H and O–H groups in total. The fraction of sp³-hybridized carbons (Fsp3) is 0.545. The maximum atomic E-state index is 10.5. The van der Waals surface area contributed by atoms with Crippen LogP contribution in [0.25, 0.3) is 0 Å². The van der Waals surface area contributed by atoms with E-state index in [0.717, 1.165) is 36.5 Å². The van der Waals surface area contributed by atoms with Crippen LogP contribution in [0.4, 0.5) is 0 Å². The fourth-order valence-electron chi connectivity index (χ4n) is 3.76. The van der Waals surface area contributed by atoms with Crippen LogP contribution in [0.5, 0.6) is 5.75 Å². The first-order chi connectivity index (χ1) is 13.6. The molecule has 1 unspecified atom stereocenters. The number of rotatable bonds is 4. The topological polar surface area (TPSA) is 63.5 Å². The number of phenolic OH excluding ortho intramolecular Hbond substituents is 1. The van der Waals surface area contributed by atoms with Gasteiger partial charge in [0, 0.05) is 42.9 Å². The van der Waals surface area contributed by atoms with Gasteiger partial charge >= 0.3 is 0 Å². The minimum Gasteiger partial charge on any atom is -0.507 e. The fourth-order valence-corrected chi connectivity index (χ4v) is 3.76. The lowest BCUT2D eigenvalue weighted by Gasteiger charge is -2.34. The molecule has 6 heteroatoms. The van der Waals surface area contributed by atoms with E-state index in [9.17, 15) is 5.11 Å². The Bertz CT molecular complexity index is 833. The van der Waals surface area contributed by atoms with Crippen molar-refractivity contribution in [3.63, 3.8) is 0 Å². The third-order valence-corrected chi connectivity index (χ3v) is 5.60. The van der Waals surface area contributed by atoms with Gasteiger partial charge < -0.3 is 20.2 Å². The summed E-state index contributed by atoms with van der Waals surface area (Å²) in [7, 11) is 1.96. The van der Waals surface area contributed by atoms with Crippen molar-refractivity contribution in [2.45, 2.75) is 44.8 Å². The number of benzene rings is 1. The minimum atomic E-state index is -0.325. The first-order valence-corrected chi connectivity index (χ1v) is 10.3.